The molecule has 2 aromatic heterocycles. The minimum atomic E-state index is -1.01. The number of hydrogen-bond donors (Lipinski definition) is 1. The molecular formula is C12H13N3O3S2. The standard InChI is InChI=1S/C12H13N3O3S2/c1-6(2)15-5-4-13-9(10(15)16)20-12-14-7(3)8(19-12)11(17)18/h4-6H,1-3H3,(H,17,18). The van der Waals surface area contributed by atoms with Gasteiger partial charge in [0.05, 0.1) is 5.69 Å². The number of aromatic carboxylic acids is 1. The molecule has 0 amide bonds. The van der Waals surface area contributed by atoms with Gasteiger partial charge >= 0.3 is 5.97 Å². The number of carbonyl (C=O) groups is 1. The molecular weight excluding hydrogens is 298 g/mol. The van der Waals surface area contributed by atoms with Crippen molar-refractivity contribution in [2.45, 2.75) is 36.2 Å². The Morgan fingerprint density at radius 2 is 2.20 bits per heavy atom. The Balaban J connectivity index is 2.36. The minimum Gasteiger partial charge on any atom is -0.477 e. The van der Waals surface area contributed by atoms with Crippen LogP contribution in [-0.2, 0) is 0 Å². The highest BCUT2D eigenvalue weighted by atomic mass is 32.2. The second kappa shape index (κ2) is 5.76. The van der Waals surface area contributed by atoms with Crippen LogP contribution in [0, 0.1) is 6.92 Å². The second-order valence-electron chi connectivity index (χ2n) is 4.34. The number of rotatable bonds is 4. The van der Waals surface area contributed by atoms with E-state index in [4.69, 9.17) is 5.11 Å². The van der Waals surface area contributed by atoms with Crippen molar-refractivity contribution < 1.29 is 9.90 Å². The SMILES string of the molecule is Cc1nc(Sc2nccn(C(C)C)c2=O)sc1C(=O)O. The zero-order valence-corrected chi connectivity index (χ0v) is 12.8. The summed E-state index contributed by atoms with van der Waals surface area (Å²) in [6.07, 6.45) is 3.19. The van der Waals surface area contributed by atoms with Crippen molar-refractivity contribution in [1.29, 1.82) is 0 Å². The molecule has 2 heterocycles. The summed E-state index contributed by atoms with van der Waals surface area (Å²) in [7, 11) is 0. The van der Waals surface area contributed by atoms with E-state index >= 15 is 0 Å². The van der Waals surface area contributed by atoms with Gasteiger partial charge in [-0.1, -0.05) is 11.3 Å². The molecule has 0 aliphatic heterocycles. The predicted molar refractivity (Wildman–Crippen MR) is 76.8 cm³/mol. The van der Waals surface area contributed by atoms with Gasteiger partial charge < -0.3 is 9.67 Å². The van der Waals surface area contributed by atoms with Crippen LogP contribution in [0.5, 0.6) is 0 Å². The number of carboxylic acids is 1. The Morgan fingerprint density at radius 1 is 1.50 bits per heavy atom. The molecule has 0 atom stereocenters. The number of aromatic nitrogens is 3. The third-order valence-corrected chi connectivity index (χ3v) is 4.73. The number of aryl methyl sites for hydroxylation is 1. The molecule has 0 fully saturated rings. The van der Waals surface area contributed by atoms with E-state index in [1.54, 1.807) is 23.9 Å². The smallest absolute Gasteiger partial charge is 0.347 e. The highest BCUT2D eigenvalue weighted by Gasteiger charge is 2.17. The van der Waals surface area contributed by atoms with Crippen LogP contribution in [0.3, 0.4) is 0 Å². The van der Waals surface area contributed by atoms with E-state index in [2.05, 4.69) is 9.97 Å². The normalized spacial score (nSPS) is 11.0. The average Bonchev–Trinajstić information content (AvgIpc) is 2.72. The Bertz CT molecular complexity index is 706. The molecule has 2 aromatic rings. The van der Waals surface area contributed by atoms with Crippen molar-refractivity contribution in [2.24, 2.45) is 0 Å². The zero-order valence-electron chi connectivity index (χ0n) is 11.2. The van der Waals surface area contributed by atoms with Crippen LogP contribution in [0.25, 0.3) is 0 Å². The van der Waals surface area contributed by atoms with Gasteiger partial charge in [-0.3, -0.25) is 4.79 Å². The lowest BCUT2D eigenvalue weighted by atomic mass is 10.4. The molecule has 1 N–H and O–H groups in total. The molecule has 0 aliphatic carbocycles. The van der Waals surface area contributed by atoms with E-state index in [0.29, 0.717) is 15.1 Å². The maximum absolute atomic E-state index is 12.2. The van der Waals surface area contributed by atoms with Crippen LogP contribution in [0.4, 0.5) is 0 Å². The van der Waals surface area contributed by atoms with Gasteiger partial charge in [-0.15, -0.1) is 0 Å². The van der Waals surface area contributed by atoms with Gasteiger partial charge in [-0.2, -0.15) is 0 Å². The lowest BCUT2D eigenvalue weighted by molar-refractivity contribution is 0.0701. The van der Waals surface area contributed by atoms with Crippen LogP contribution in [0.2, 0.25) is 0 Å². The molecule has 0 aromatic carbocycles. The lowest BCUT2D eigenvalue weighted by Crippen LogP contribution is -2.23. The van der Waals surface area contributed by atoms with Crippen LogP contribution in [0.1, 0.15) is 35.3 Å². The Morgan fingerprint density at radius 3 is 2.75 bits per heavy atom. The number of nitrogens with zero attached hydrogens (tertiary/aromatic N) is 3. The second-order valence-corrected chi connectivity index (χ2v) is 6.58. The highest BCUT2D eigenvalue weighted by Crippen LogP contribution is 2.30. The maximum Gasteiger partial charge on any atom is 0.347 e. The van der Waals surface area contributed by atoms with Gasteiger partial charge in [0.1, 0.15) is 4.88 Å². The molecule has 0 unspecified atom stereocenters. The molecule has 20 heavy (non-hydrogen) atoms. The third kappa shape index (κ3) is 2.91. The molecule has 106 valence electrons. The Labute approximate surface area is 123 Å². The predicted octanol–water partition coefficient (Wildman–Crippen LogP) is 2.44. The van der Waals surface area contributed by atoms with Gasteiger partial charge in [0.25, 0.3) is 5.56 Å². The quantitative estimate of drug-likeness (QED) is 0.933. The molecule has 6 nitrogen and oxygen atoms in total. The summed E-state index contributed by atoms with van der Waals surface area (Å²) >= 11 is 2.15. The van der Waals surface area contributed by atoms with Gasteiger partial charge in [0.15, 0.2) is 9.37 Å². The first-order valence-corrected chi connectivity index (χ1v) is 7.49. The topological polar surface area (TPSA) is 85.1 Å². The molecule has 0 saturated carbocycles. The Kier molecular flexibility index (Phi) is 4.24. The van der Waals surface area contributed by atoms with Crippen LogP contribution < -0.4 is 5.56 Å². The first kappa shape index (κ1) is 14.7. The summed E-state index contributed by atoms with van der Waals surface area (Å²) in [5, 5.41) is 9.29. The summed E-state index contributed by atoms with van der Waals surface area (Å²) in [5.74, 6) is -1.01. The minimum absolute atomic E-state index is 0.0393. The van der Waals surface area contributed by atoms with Crippen molar-refractivity contribution >= 4 is 29.1 Å². The van der Waals surface area contributed by atoms with E-state index in [0.717, 1.165) is 23.1 Å². The molecule has 8 heteroatoms. The summed E-state index contributed by atoms with van der Waals surface area (Å²) < 4.78 is 2.08. The molecule has 0 saturated heterocycles. The van der Waals surface area contributed by atoms with Crippen molar-refractivity contribution in [1.82, 2.24) is 14.5 Å². The number of hydrogen-bond acceptors (Lipinski definition) is 6. The largest absolute Gasteiger partial charge is 0.477 e. The number of thiazole rings is 1. The van der Waals surface area contributed by atoms with Gasteiger partial charge in [-0.25, -0.2) is 14.8 Å². The molecule has 0 bridgehead atoms. The fraction of sp³-hybridized carbons (Fsp3) is 0.333. The molecule has 2 rings (SSSR count). The summed E-state index contributed by atoms with van der Waals surface area (Å²) in [5.41, 5.74) is 0.252. The van der Waals surface area contributed by atoms with Crippen molar-refractivity contribution in [3.63, 3.8) is 0 Å². The monoisotopic (exact) mass is 311 g/mol. The van der Waals surface area contributed by atoms with E-state index in [-0.39, 0.29) is 16.5 Å². The van der Waals surface area contributed by atoms with E-state index in [1.807, 2.05) is 13.8 Å². The van der Waals surface area contributed by atoms with Crippen LogP contribution >= 0.6 is 23.1 Å². The highest BCUT2D eigenvalue weighted by molar-refractivity contribution is 8.01. The summed E-state index contributed by atoms with van der Waals surface area (Å²) in [4.78, 5) is 31.6. The summed E-state index contributed by atoms with van der Waals surface area (Å²) in [6.45, 7) is 5.45. The first-order valence-electron chi connectivity index (χ1n) is 5.86. The molecule has 0 aliphatic rings. The molecule has 0 spiro atoms. The fourth-order valence-electron chi connectivity index (χ4n) is 1.58. The van der Waals surface area contributed by atoms with Crippen LogP contribution in [-0.4, -0.2) is 25.6 Å². The first-order chi connectivity index (χ1) is 9.40. The molecule has 0 radical (unpaired) electrons. The van der Waals surface area contributed by atoms with Crippen molar-refractivity contribution in [2.75, 3.05) is 0 Å². The lowest BCUT2D eigenvalue weighted by Gasteiger charge is -2.09. The van der Waals surface area contributed by atoms with Crippen LogP contribution in [0.15, 0.2) is 26.6 Å². The van der Waals surface area contributed by atoms with E-state index < -0.39 is 5.97 Å². The summed E-state index contributed by atoms with van der Waals surface area (Å²) in [6, 6.07) is 0.0393. The maximum atomic E-state index is 12.2. The van der Waals surface area contributed by atoms with E-state index in [9.17, 15) is 9.59 Å². The van der Waals surface area contributed by atoms with Crippen molar-refractivity contribution in [3.8, 4) is 0 Å². The third-order valence-electron chi connectivity index (χ3n) is 2.55. The zero-order chi connectivity index (χ0) is 14.9. The van der Waals surface area contributed by atoms with Gasteiger partial charge in [0, 0.05) is 18.4 Å². The fourth-order valence-corrected chi connectivity index (χ4v) is 3.52. The van der Waals surface area contributed by atoms with Crippen molar-refractivity contribution in [3.05, 3.63) is 33.3 Å². The van der Waals surface area contributed by atoms with Gasteiger partial charge in [0.2, 0.25) is 0 Å². The number of carboxylic acid groups (broad SMARTS) is 1. The van der Waals surface area contributed by atoms with E-state index in [1.165, 1.54) is 0 Å². The van der Waals surface area contributed by atoms with Gasteiger partial charge in [-0.05, 0) is 32.5 Å². The Hall–Kier alpha value is -1.67. The average molecular weight is 311 g/mol.